The first kappa shape index (κ1) is 14.2. The maximum atomic E-state index is 5.62. The van der Waals surface area contributed by atoms with Crippen molar-refractivity contribution < 1.29 is 4.52 Å². The smallest absolute Gasteiger partial charge is 0.233 e. The molecule has 0 radical (unpaired) electrons. The van der Waals surface area contributed by atoms with Crippen LogP contribution in [0.25, 0.3) is 11.4 Å². The quantitative estimate of drug-likeness (QED) is 0.940. The highest BCUT2D eigenvalue weighted by Gasteiger charge is 2.37. The van der Waals surface area contributed by atoms with E-state index in [1.807, 2.05) is 26.0 Å². The van der Waals surface area contributed by atoms with Gasteiger partial charge in [0, 0.05) is 17.0 Å². The van der Waals surface area contributed by atoms with E-state index in [1.165, 1.54) is 0 Å². The van der Waals surface area contributed by atoms with E-state index in [4.69, 9.17) is 9.51 Å². The molecule has 1 N–H and O–H groups in total. The van der Waals surface area contributed by atoms with Gasteiger partial charge in [0.1, 0.15) is 0 Å². The number of aromatic nitrogens is 3. The Bertz CT molecular complexity index is 609. The van der Waals surface area contributed by atoms with Gasteiger partial charge in [-0.2, -0.15) is 4.98 Å². The summed E-state index contributed by atoms with van der Waals surface area (Å²) in [6, 6.07) is 4.01. The van der Waals surface area contributed by atoms with Crippen molar-refractivity contribution in [1.82, 2.24) is 20.4 Å². The molecule has 2 aromatic rings. The molecule has 21 heavy (non-hydrogen) atoms. The van der Waals surface area contributed by atoms with Crippen molar-refractivity contribution in [3.63, 3.8) is 0 Å². The van der Waals surface area contributed by atoms with Gasteiger partial charge in [-0.15, -0.1) is 0 Å². The third-order valence-corrected chi connectivity index (χ3v) is 4.46. The maximum Gasteiger partial charge on any atom is 0.233 e. The minimum absolute atomic E-state index is 0.0353. The van der Waals surface area contributed by atoms with E-state index in [-0.39, 0.29) is 5.41 Å². The number of nitrogens with one attached hydrogen (secondary N) is 1. The van der Waals surface area contributed by atoms with Crippen molar-refractivity contribution in [2.45, 2.75) is 45.4 Å². The van der Waals surface area contributed by atoms with Crippen molar-refractivity contribution in [3.8, 4) is 11.4 Å². The van der Waals surface area contributed by atoms with Crippen LogP contribution >= 0.6 is 0 Å². The Balaban J connectivity index is 1.95. The number of nitrogens with zero attached hydrogens (tertiary/aromatic N) is 3. The van der Waals surface area contributed by atoms with Crippen LogP contribution in [-0.2, 0) is 5.41 Å². The average Bonchev–Trinajstić information content (AvgIpc) is 2.97. The fourth-order valence-electron chi connectivity index (χ4n) is 3.14. The zero-order valence-corrected chi connectivity index (χ0v) is 12.9. The first-order valence-corrected chi connectivity index (χ1v) is 7.63. The Morgan fingerprint density at radius 2 is 1.81 bits per heavy atom. The molecule has 0 aromatic carbocycles. The third-order valence-electron chi connectivity index (χ3n) is 4.46. The summed E-state index contributed by atoms with van der Waals surface area (Å²) in [5, 5.41) is 7.60. The van der Waals surface area contributed by atoms with Crippen molar-refractivity contribution >= 4 is 0 Å². The lowest BCUT2D eigenvalue weighted by molar-refractivity contribution is 0.216. The zero-order valence-electron chi connectivity index (χ0n) is 12.9. The molecule has 0 amide bonds. The zero-order chi connectivity index (χ0) is 14.9. The van der Waals surface area contributed by atoms with E-state index in [0.717, 1.165) is 55.2 Å². The number of aryl methyl sites for hydroxylation is 2. The van der Waals surface area contributed by atoms with Crippen LogP contribution in [0, 0.1) is 13.8 Å². The maximum absolute atomic E-state index is 5.62. The normalized spacial score (nSPS) is 17.9. The number of hydrogen-bond acceptors (Lipinski definition) is 5. The van der Waals surface area contributed by atoms with Crippen LogP contribution in [0.5, 0.6) is 0 Å². The van der Waals surface area contributed by atoms with Gasteiger partial charge in [0.25, 0.3) is 0 Å². The molecule has 0 unspecified atom stereocenters. The summed E-state index contributed by atoms with van der Waals surface area (Å²) in [6.07, 6.45) is 3.14. The molecule has 0 aliphatic carbocycles. The summed E-state index contributed by atoms with van der Waals surface area (Å²) in [5.41, 5.74) is 2.97. The van der Waals surface area contributed by atoms with E-state index < -0.39 is 0 Å². The molecule has 3 heterocycles. The Hall–Kier alpha value is -1.75. The van der Waals surface area contributed by atoms with Crippen LogP contribution in [0.3, 0.4) is 0 Å². The largest absolute Gasteiger partial charge is 0.338 e. The molecule has 2 aromatic heterocycles. The summed E-state index contributed by atoms with van der Waals surface area (Å²) in [7, 11) is 0. The molecule has 0 atom stereocenters. The molecule has 5 nitrogen and oxygen atoms in total. The number of pyridine rings is 1. The molecule has 112 valence electrons. The summed E-state index contributed by atoms with van der Waals surface area (Å²) in [4.78, 5) is 9.09. The molecule has 0 spiro atoms. The van der Waals surface area contributed by atoms with Gasteiger partial charge in [-0.05, 0) is 58.3 Å². The number of rotatable bonds is 3. The van der Waals surface area contributed by atoms with Crippen LogP contribution < -0.4 is 5.32 Å². The fourth-order valence-corrected chi connectivity index (χ4v) is 3.14. The summed E-state index contributed by atoms with van der Waals surface area (Å²) in [5.74, 6) is 1.46. The number of piperidine rings is 1. The molecule has 1 aliphatic rings. The number of hydrogen-bond donors (Lipinski definition) is 1. The van der Waals surface area contributed by atoms with Crippen LogP contribution in [0.15, 0.2) is 16.7 Å². The summed E-state index contributed by atoms with van der Waals surface area (Å²) < 4.78 is 5.62. The van der Waals surface area contributed by atoms with Gasteiger partial charge in [0.15, 0.2) is 0 Å². The van der Waals surface area contributed by atoms with Crippen LogP contribution in [0.1, 0.15) is 43.5 Å². The van der Waals surface area contributed by atoms with Crippen molar-refractivity contribution in [2.24, 2.45) is 0 Å². The summed E-state index contributed by atoms with van der Waals surface area (Å²) >= 11 is 0. The molecule has 1 aliphatic heterocycles. The summed E-state index contributed by atoms with van der Waals surface area (Å²) in [6.45, 7) is 8.20. The highest BCUT2D eigenvalue weighted by Crippen LogP contribution is 2.36. The second kappa shape index (κ2) is 5.56. The van der Waals surface area contributed by atoms with E-state index in [0.29, 0.717) is 5.82 Å². The predicted octanol–water partition coefficient (Wildman–Crippen LogP) is 2.78. The fraction of sp³-hybridized carbons (Fsp3) is 0.562. The lowest BCUT2D eigenvalue weighted by atomic mass is 9.76. The van der Waals surface area contributed by atoms with Crippen LogP contribution in [-0.4, -0.2) is 28.2 Å². The van der Waals surface area contributed by atoms with E-state index in [1.54, 1.807) is 0 Å². The Labute approximate surface area is 125 Å². The minimum Gasteiger partial charge on any atom is -0.338 e. The highest BCUT2D eigenvalue weighted by molar-refractivity contribution is 5.55. The lowest BCUT2D eigenvalue weighted by Crippen LogP contribution is -2.39. The van der Waals surface area contributed by atoms with Gasteiger partial charge in [-0.25, -0.2) is 0 Å². The Morgan fingerprint density at radius 1 is 1.14 bits per heavy atom. The predicted molar refractivity (Wildman–Crippen MR) is 81.1 cm³/mol. The SMILES string of the molecule is CCC1(c2nc(-c3cc(C)nc(C)c3)no2)CCNCC1. The van der Waals surface area contributed by atoms with Crippen molar-refractivity contribution in [2.75, 3.05) is 13.1 Å². The minimum atomic E-state index is 0.0353. The van der Waals surface area contributed by atoms with Gasteiger partial charge < -0.3 is 9.84 Å². The lowest BCUT2D eigenvalue weighted by Gasteiger charge is -2.33. The van der Waals surface area contributed by atoms with Gasteiger partial charge in [-0.1, -0.05) is 12.1 Å². The van der Waals surface area contributed by atoms with Crippen LogP contribution in [0.2, 0.25) is 0 Å². The molecular formula is C16H22N4O. The van der Waals surface area contributed by atoms with E-state index >= 15 is 0 Å². The molecule has 1 saturated heterocycles. The Kier molecular flexibility index (Phi) is 3.76. The standard InChI is InChI=1S/C16H22N4O/c1-4-16(5-7-17-8-6-16)15-19-14(20-21-15)13-9-11(2)18-12(3)10-13/h9-10,17H,4-8H2,1-3H3. The molecule has 5 heteroatoms. The topological polar surface area (TPSA) is 63.8 Å². The van der Waals surface area contributed by atoms with Gasteiger partial charge >= 0.3 is 0 Å². The first-order chi connectivity index (χ1) is 10.1. The molecule has 0 bridgehead atoms. The van der Waals surface area contributed by atoms with Crippen LogP contribution in [0.4, 0.5) is 0 Å². The molecule has 3 rings (SSSR count). The van der Waals surface area contributed by atoms with Crippen molar-refractivity contribution in [3.05, 3.63) is 29.4 Å². The second-order valence-electron chi connectivity index (χ2n) is 5.95. The highest BCUT2D eigenvalue weighted by atomic mass is 16.5. The third kappa shape index (κ3) is 2.70. The molecule has 0 saturated carbocycles. The average molecular weight is 286 g/mol. The second-order valence-corrected chi connectivity index (χ2v) is 5.95. The van der Waals surface area contributed by atoms with Gasteiger partial charge in [0.05, 0.1) is 5.41 Å². The van der Waals surface area contributed by atoms with E-state index in [2.05, 4.69) is 22.4 Å². The monoisotopic (exact) mass is 286 g/mol. The van der Waals surface area contributed by atoms with Crippen molar-refractivity contribution in [1.29, 1.82) is 0 Å². The van der Waals surface area contributed by atoms with Gasteiger partial charge in [0.2, 0.25) is 11.7 Å². The van der Waals surface area contributed by atoms with Gasteiger partial charge in [-0.3, -0.25) is 4.98 Å². The molecule has 1 fully saturated rings. The molecular weight excluding hydrogens is 264 g/mol. The van der Waals surface area contributed by atoms with E-state index in [9.17, 15) is 0 Å². The Morgan fingerprint density at radius 3 is 2.43 bits per heavy atom. The first-order valence-electron chi connectivity index (χ1n) is 7.63.